The van der Waals surface area contributed by atoms with Crippen LogP contribution in [0.5, 0.6) is 0 Å². The van der Waals surface area contributed by atoms with Crippen molar-refractivity contribution in [2.24, 2.45) is 5.92 Å². The third-order valence-electron chi connectivity index (χ3n) is 5.32. The summed E-state index contributed by atoms with van der Waals surface area (Å²) >= 11 is 6.05. The van der Waals surface area contributed by atoms with Crippen molar-refractivity contribution in [2.75, 3.05) is 6.61 Å². The highest BCUT2D eigenvalue weighted by Gasteiger charge is 2.35. The summed E-state index contributed by atoms with van der Waals surface area (Å²) in [5, 5.41) is 9.58. The minimum absolute atomic E-state index is 0.0292. The highest BCUT2D eigenvalue weighted by atomic mass is 35.5. The number of aliphatic carboxylic acids is 1. The average Bonchev–Trinajstić information content (AvgIpc) is 2.80. The van der Waals surface area contributed by atoms with E-state index in [0.29, 0.717) is 35.4 Å². The number of aromatic nitrogens is 1. The number of carboxylic acid groups (broad SMARTS) is 1. The monoisotopic (exact) mass is 455 g/mol. The van der Waals surface area contributed by atoms with Gasteiger partial charge in [-0.15, -0.1) is 0 Å². The molecule has 0 aliphatic carbocycles. The van der Waals surface area contributed by atoms with Crippen molar-refractivity contribution in [2.45, 2.75) is 31.7 Å². The van der Waals surface area contributed by atoms with Crippen LogP contribution >= 0.6 is 11.6 Å². The number of rotatable bonds is 7. The van der Waals surface area contributed by atoms with Crippen molar-refractivity contribution in [3.63, 3.8) is 0 Å². The van der Waals surface area contributed by atoms with Crippen molar-refractivity contribution in [3.8, 4) is 0 Å². The van der Waals surface area contributed by atoms with Crippen LogP contribution in [0.4, 0.5) is 0 Å². The Bertz CT molecular complexity index is 1180. The maximum atomic E-state index is 13.1. The largest absolute Gasteiger partial charge is 0.481 e. The molecule has 1 aromatic carbocycles. The second-order valence-electron chi connectivity index (χ2n) is 7.57. The molecule has 1 fully saturated rings. The summed E-state index contributed by atoms with van der Waals surface area (Å²) in [6.07, 6.45) is 8.50. The van der Waals surface area contributed by atoms with E-state index in [-0.39, 0.29) is 29.4 Å². The van der Waals surface area contributed by atoms with E-state index in [0.717, 1.165) is 5.56 Å². The van der Waals surface area contributed by atoms with E-state index >= 15 is 0 Å². The average molecular weight is 456 g/mol. The number of fused-ring (bicyclic) bond motifs is 1. The standard InChI is InChI=1S/C24H22ClNO6/c25-17-8-9-20-18(11-17)22(29)19(14-30-20)24-31-13-16(5-2-1-3-7-21(27)28)23(32-24)15-6-4-10-26-12-15/h1-2,4,6,8-12,14,16,23-24H,3,5,7,13H2,(H,27,28)/b2-1-/t16-,23-,24+/m1/s1. The third kappa shape index (κ3) is 5.07. The Kier molecular flexibility index (Phi) is 6.99. The van der Waals surface area contributed by atoms with Crippen LogP contribution in [0.3, 0.4) is 0 Å². The molecular weight excluding hydrogens is 434 g/mol. The Morgan fingerprint density at radius 1 is 1.28 bits per heavy atom. The molecule has 3 heterocycles. The van der Waals surface area contributed by atoms with E-state index in [1.165, 1.54) is 6.26 Å². The van der Waals surface area contributed by atoms with E-state index in [2.05, 4.69) is 4.98 Å². The molecule has 0 unspecified atom stereocenters. The van der Waals surface area contributed by atoms with Gasteiger partial charge in [0.25, 0.3) is 0 Å². The summed E-state index contributed by atoms with van der Waals surface area (Å²) in [4.78, 5) is 27.9. The second kappa shape index (κ2) is 10.1. The number of benzene rings is 1. The van der Waals surface area contributed by atoms with E-state index in [1.807, 2.05) is 24.3 Å². The molecule has 32 heavy (non-hydrogen) atoms. The van der Waals surface area contributed by atoms with Crippen LogP contribution in [-0.2, 0) is 14.3 Å². The van der Waals surface area contributed by atoms with Crippen molar-refractivity contribution in [3.05, 3.63) is 87.5 Å². The Hall–Kier alpha value is -3.00. The Morgan fingerprint density at radius 3 is 2.94 bits per heavy atom. The smallest absolute Gasteiger partial charge is 0.303 e. The molecule has 0 radical (unpaired) electrons. The van der Waals surface area contributed by atoms with Crippen molar-refractivity contribution in [1.82, 2.24) is 4.98 Å². The van der Waals surface area contributed by atoms with Gasteiger partial charge in [-0.25, -0.2) is 0 Å². The molecular formula is C24H22ClNO6. The van der Waals surface area contributed by atoms with Gasteiger partial charge in [0.15, 0.2) is 6.29 Å². The lowest BCUT2D eigenvalue weighted by Crippen LogP contribution is -2.32. The van der Waals surface area contributed by atoms with Gasteiger partial charge < -0.3 is 19.0 Å². The normalized spacial score (nSPS) is 21.2. The molecule has 2 aromatic heterocycles. The lowest BCUT2D eigenvalue weighted by Gasteiger charge is -2.36. The first-order valence-corrected chi connectivity index (χ1v) is 10.7. The summed E-state index contributed by atoms with van der Waals surface area (Å²) < 4.78 is 17.8. The van der Waals surface area contributed by atoms with E-state index in [1.54, 1.807) is 30.6 Å². The molecule has 8 heteroatoms. The number of hydrogen-bond donors (Lipinski definition) is 1. The fourth-order valence-corrected chi connectivity index (χ4v) is 3.88. The quantitative estimate of drug-likeness (QED) is 0.497. The number of halogens is 1. The SMILES string of the molecule is O=C(O)CC/C=C\C[C@@H]1CO[C@H](c2coc3ccc(Cl)cc3c2=O)O[C@@H]1c1cccnc1. The zero-order chi connectivity index (χ0) is 22.5. The van der Waals surface area contributed by atoms with Gasteiger partial charge in [0, 0.05) is 29.8 Å². The van der Waals surface area contributed by atoms with Crippen LogP contribution in [0.2, 0.25) is 5.02 Å². The molecule has 3 aromatic rings. The zero-order valence-electron chi connectivity index (χ0n) is 17.1. The predicted octanol–water partition coefficient (Wildman–Crippen LogP) is 5.06. The van der Waals surface area contributed by atoms with Crippen molar-refractivity contribution < 1.29 is 23.8 Å². The highest BCUT2D eigenvalue weighted by molar-refractivity contribution is 6.31. The number of carboxylic acids is 1. The highest BCUT2D eigenvalue weighted by Crippen LogP contribution is 2.39. The lowest BCUT2D eigenvalue weighted by molar-refractivity contribution is -0.244. The molecule has 0 spiro atoms. The number of allylic oxidation sites excluding steroid dienone is 2. The molecule has 3 atom stereocenters. The van der Waals surface area contributed by atoms with Crippen molar-refractivity contribution in [1.29, 1.82) is 0 Å². The first kappa shape index (κ1) is 22.2. The molecule has 1 N–H and O–H groups in total. The Labute approximate surface area is 189 Å². The van der Waals surface area contributed by atoms with Gasteiger partial charge in [-0.1, -0.05) is 29.8 Å². The van der Waals surface area contributed by atoms with E-state index in [9.17, 15) is 9.59 Å². The van der Waals surface area contributed by atoms with Crippen LogP contribution in [0.15, 0.2) is 70.4 Å². The first-order chi connectivity index (χ1) is 15.5. The topological polar surface area (TPSA) is 98.9 Å². The van der Waals surface area contributed by atoms with E-state index < -0.39 is 12.3 Å². The van der Waals surface area contributed by atoms with Gasteiger partial charge in [-0.3, -0.25) is 14.6 Å². The van der Waals surface area contributed by atoms with E-state index in [4.69, 9.17) is 30.6 Å². The molecule has 166 valence electrons. The van der Waals surface area contributed by atoms with Gasteiger partial charge in [0.05, 0.1) is 23.7 Å². The van der Waals surface area contributed by atoms with Gasteiger partial charge in [0.1, 0.15) is 11.8 Å². The number of hydrogen-bond acceptors (Lipinski definition) is 6. The summed E-state index contributed by atoms with van der Waals surface area (Å²) in [6, 6.07) is 8.63. The number of carbonyl (C=O) groups is 1. The van der Waals surface area contributed by atoms with Crippen LogP contribution in [0.25, 0.3) is 11.0 Å². The van der Waals surface area contributed by atoms with Gasteiger partial charge in [-0.05, 0) is 42.7 Å². The zero-order valence-corrected chi connectivity index (χ0v) is 17.9. The number of ether oxygens (including phenoxy) is 2. The van der Waals surface area contributed by atoms with Crippen LogP contribution in [0, 0.1) is 5.92 Å². The number of pyridine rings is 1. The molecule has 0 bridgehead atoms. The van der Waals surface area contributed by atoms with Crippen molar-refractivity contribution >= 4 is 28.5 Å². The molecule has 1 aliphatic rings. The van der Waals surface area contributed by atoms with Gasteiger partial charge >= 0.3 is 5.97 Å². The number of nitrogens with zero attached hydrogens (tertiary/aromatic N) is 1. The lowest BCUT2D eigenvalue weighted by atomic mass is 9.92. The maximum absolute atomic E-state index is 13.1. The molecule has 0 amide bonds. The summed E-state index contributed by atoms with van der Waals surface area (Å²) in [7, 11) is 0. The summed E-state index contributed by atoms with van der Waals surface area (Å²) in [5.74, 6) is -0.857. The molecule has 1 saturated heterocycles. The maximum Gasteiger partial charge on any atom is 0.303 e. The minimum atomic E-state index is -0.896. The van der Waals surface area contributed by atoms with Gasteiger partial charge in [-0.2, -0.15) is 0 Å². The van der Waals surface area contributed by atoms with Crippen LogP contribution in [-0.4, -0.2) is 22.7 Å². The Morgan fingerprint density at radius 2 is 2.16 bits per heavy atom. The fourth-order valence-electron chi connectivity index (χ4n) is 3.71. The molecule has 0 saturated carbocycles. The second-order valence-corrected chi connectivity index (χ2v) is 8.00. The molecule has 7 nitrogen and oxygen atoms in total. The minimum Gasteiger partial charge on any atom is -0.481 e. The molecule has 4 rings (SSSR count). The first-order valence-electron chi connectivity index (χ1n) is 10.3. The predicted molar refractivity (Wildman–Crippen MR) is 118 cm³/mol. The molecule has 1 aliphatic heterocycles. The van der Waals surface area contributed by atoms with Gasteiger partial charge in [0.2, 0.25) is 5.43 Å². The van der Waals surface area contributed by atoms with Crippen LogP contribution < -0.4 is 5.43 Å². The fraction of sp³-hybridized carbons (Fsp3) is 0.292. The summed E-state index contributed by atoms with van der Waals surface area (Å²) in [6.45, 7) is 0.348. The summed E-state index contributed by atoms with van der Waals surface area (Å²) in [5.41, 5.74) is 1.32. The van der Waals surface area contributed by atoms with Crippen LogP contribution in [0.1, 0.15) is 42.8 Å². The third-order valence-corrected chi connectivity index (χ3v) is 5.55. The Balaban J connectivity index is 1.57.